The van der Waals surface area contributed by atoms with Gasteiger partial charge in [0.2, 0.25) is 10.0 Å². The number of aromatic nitrogens is 2. The Kier molecular flexibility index (Phi) is 6.11. The van der Waals surface area contributed by atoms with E-state index in [0.29, 0.717) is 25.0 Å². The number of anilines is 1. The van der Waals surface area contributed by atoms with Gasteiger partial charge in [0.1, 0.15) is 4.90 Å². The van der Waals surface area contributed by atoms with E-state index in [2.05, 4.69) is 10.2 Å². The van der Waals surface area contributed by atoms with Crippen LogP contribution in [-0.2, 0) is 16.2 Å². The van der Waals surface area contributed by atoms with Crippen LogP contribution >= 0.6 is 11.6 Å². The molecule has 0 bridgehead atoms. The van der Waals surface area contributed by atoms with E-state index < -0.39 is 26.7 Å². The first-order valence-electron chi connectivity index (χ1n) is 9.67. The van der Waals surface area contributed by atoms with Crippen LogP contribution in [0, 0.1) is 0 Å². The van der Waals surface area contributed by atoms with E-state index in [0.717, 1.165) is 27.7 Å². The van der Waals surface area contributed by atoms with Gasteiger partial charge in [0.15, 0.2) is 5.82 Å². The average molecular weight is 483 g/mol. The van der Waals surface area contributed by atoms with Gasteiger partial charge in [0.05, 0.1) is 16.3 Å². The second kappa shape index (κ2) is 8.68. The van der Waals surface area contributed by atoms with Gasteiger partial charge in [-0.2, -0.15) is 17.5 Å². The van der Waals surface area contributed by atoms with E-state index in [9.17, 15) is 21.6 Å². The number of sulfonamides is 1. The minimum Gasteiger partial charge on any atom is -0.352 e. The lowest BCUT2D eigenvalue weighted by Crippen LogP contribution is -2.49. The van der Waals surface area contributed by atoms with Gasteiger partial charge in [-0.15, -0.1) is 10.2 Å². The third kappa shape index (κ3) is 4.57. The number of rotatable bonds is 4. The third-order valence-electron chi connectivity index (χ3n) is 5.16. The maximum absolute atomic E-state index is 13.0. The first-order chi connectivity index (χ1) is 15.2. The fraction of sp³-hybridized carbons (Fsp3) is 0.238. The number of halogens is 4. The Labute approximate surface area is 188 Å². The number of hydrogen-bond donors (Lipinski definition) is 0. The molecule has 1 fully saturated rings. The summed E-state index contributed by atoms with van der Waals surface area (Å²) in [4.78, 5) is 1.33. The minimum absolute atomic E-state index is 0.0804. The van der Waals surface area contributed by atoms with Crippen molar-refractivity contribution in [3.8, 4) is 11.3 Å². The van der Waals surface area contributed by atoms with Gasteiger partial charge in [-0.05, 0) is 30.3 Å². The number of piperazine rings is 1. The molecular formula is C21H18ClF3N4O2S. The normalized spacial score (nSPS) is 15.7. The molecule has 32 heavy (non-hydrogen) atoms. The molecule has 0 unspecified atom stereocenters. The number of benzene rings is 2. The van der Waals surface area contributed by atoms with Gasteiger partial charge in [-0.3, -0.25) is 0 Å². The highest BCUT2D eigenvalue weighted by Gasteiger charge is 2.35. The zero-order chi connectivity index (χ0) is 22.9. The van der Waals surface area contributed by atoms with E-state index in [1.165, 1.54) is 0 Å². The highest BCUT2D eigenvalue weighted by molar-refractivity contribution is 7.89. The molecule has 3 aromatic rings. The molecule has 0 atom stereocenters. The minimum atomic E-state index is -4.67. The summed E-state index contributed by atoms with van der Waals surface area (Å²) < 4.78 is 66.2. The van der Waals surface area contributed by atoms with E-state index in [4.69, 9.17) is 11.6 Å². The Morgan fingerprint density at radius 2 is 1.56 bits per heavy atom. The Hall–Kier alpha value is -2.69. The van der Waals surface area contributed by atoms with Crippen LogP contribution in [0.5, 0.6) is 0 Å². The molecule has 0 spiro atoms. The molecule has 168 valence electrons. The van der Waals surface area contributed by atoms with Crippen molar-refractivity contribution in [2.75, 3.05) is 31.1 Å². The van der Waals surface area contributed by atoms with Gasteiger partial charge in [0, 0.05) is 31.7 Å². The van der Waals surface area contributed by atoms with E-state index in [1.54, 1.807) is 0 Å². The van der Waals surface area contributed by atoms with Crippen molar-refractivity contribution in [1.29, 1.82) is 0 Å². The van der Waals surface area contributed by atoms with Crippen LogP contribution in [-0.4, -0.2) is 49.1 Å². The van der Waals surface area contributed by atoms with Crippen LogP contribution in [0.2, 0.25) is 5.02 Å². The van der Waals surface area contributed by atoms with Crippen molar-refractivity contribution < 1.29 is 21.6 Å². The largest absolute Gasteiger partial charge is 0.416 e. The molecule has 1 aliphatic rings. The lowest BCUT2D eigenvalue weighted by Gasteiger charge is -2.34. The Morgan fingerprint density at radius 3 is 2.16 bits per heavy atom. The predicted molar refractivity (Wildman–Crippen MR) is 115 cm³/mol. The van der Waals surface area contributed by atoms with E-state index in [-0.39, 0.29) is 18.1 Å². The second-order valence-corrected chi connectivity index (χ2v) is 9.49. The fourth-order valence-corrected chi connectivity index (χ4v) is 5.35. The molecule has 1 aromatic heterocycles. The zero-order valence-corrected chi connectivity index (χ0v) is 18.2. The highest BCUT2D eigenvalue weighted by atomic mass is 35.5. The van der Waals surface area contributed by atoms with Crippen molar-refractivity contribution in [2.24, 2.45) is 0 Å². The summed E-state index contributed by atoms with van der Waals surface area (Å²) in [5.74, 6) is 0.596. The molecule has 0 amide bonds. The lowest BCUT2D eigenvalue weighted by atomic mass is 10.1. The summed E-state index contributed by atoms with van der Waals surface area (Å²) in [7, 11) is -4.19. The van der Waals surface area contributed by atoms with Crippen LogP contribution in [0.25, 0.3) is 11.3 Å². The smallest absolute Gasteiger partial charge is 0.352 e. The van der Waals surface area contributed by atoms with Crippen LogP contribution < -0.4 is 4.90 Å². The van der Waals surface area contributed by atoms with Crippen LogP contribution in [0.15, 0.2) is 65.6 Å². The van der Waals surface area contributed by atoms with Crippen molar-refractivity contribution >= 4 is 27.4 Å². The summed E-state index contributed by atoms with van der Waals surface area (Å²) in [5, 5.41) is 8.23. The fourth-order valence-electron chi connectivity index (χ4n) is 3.43. The second-order valence-electron chi connectivity index (χ2n) is 7.18. The Bertz CT molecular complexity index is 1200. The zero-order valence-electron chi connectivity index (χ0n) is 16.6. The van der Waals surface area contributed by atoms with Crippen LogP contribution in [0.3, 0.4) is 0 Å². The van der Waals surface area contributed by atoms with Crippen LogP contribution in [0.4, 0.5) is 19.0 Å². The Balaban J connectivity index is 1.48. The van der Waals surface area contributed by atoms with Crippen molar-refractivity contribution in [3.63, 3.8) is 0 Å². The van der Waals surface area contributed by atoms with Crippen molar-refractivity contribution in [3.05, 3.63) is 71.2 Å². The average Bonchev–Trinajstić information content (AvgIpc) is 2.79. The maximum Gasteiger partial charge on any atom is 0.416 e. The molecule has 0 radical (unpaired) electrons. The molecule has 0 saturated carbocycles. The monoisotopic (exact) mass is 482 g/mol. The van der Waals surface area contributed by atoms with Gasteiger partial charge in [0.25, 0.3) is 0 Å². The standard InChI is InChI=1S/C21H18ClF3N4O2S/c22-17-7-6-16(21(23,24)25)14-19(17)32(30,31)29-12-10-28(11-13-29)20-9-8-18(26-27-20)15-4-2-1-3-5-15/h1-9,14H,10-13H2. The topological polar surface area (TPSA) is 66.4 Å². The lowest BCUT2D eigenvalue weighted by molar-refractivity contribution is -0.137. The van der Waals surface area contributed by atoms with Gasteiger partial charge >= 0.3 is 6.18 Å². The molecule has 0 N–H and O–H groups in total. The third-order valence-corrected chi connectivity index (χ3v) is 7.54. The molecule has 2 heterocycles. The molecule has 1 aliphatic heterocycles. The predicted octanol–water partition coefficient (Wildman–Crippen LogP) is 4.33. The molecule has 11 heteroatoms. The van der Waals surface area contributed by atoms with E-state index >= 15 is 0 Å². The molecule has 0 aliphatic carbocycles. The Morgan fingerprint density at radius 1 is 0.875 bits per heavy atom. The number of alkyl halides is 3. The molecule has 4 rings (SSSR count). The maximum atomic E-state index is 13.0. The number of hydrogen-bond acceptors (Lipinski definition) is 5. The first-order valence-corrected chi connectivity index (χ1v) is 11.5. The van der Waals surface area contributed by atoms with Crippen molar-refractivity contribution in [2.45, 2.75) is 11.1 Å². The summed E-state index contributed by atoms with van der Waals surface area (Å²) in [6.45, 7) is 0.790. The summed E-state index contributed by atoms with van der Waals surface area (Å²) in [5.41, 5.74) is 0.586. The molecule has 2 aromatic carbocycles. The van der Waals surface area contributed by atoms with Gasteiger partial charge in [-0.25, -0.2) is 8.42 Å². The number of nitrogens with zero attached hydrogens (tertiary/aromatic N) is 4. The quantitative estimate of drug-likeness (QED) is 0.554. The summed E-state index contributed by atoms with van der Waals surface area (Å²) in [6, 6.07) is 15.5. The first kappa shape index (κ1) is 22.5. The molecular weight excluding hydrogens is 465 g/mol. The highest BCUT2D eigenvalue weighted by Crippen LogP contribution is 2.34. The van der Waals surface area contributed by atoms with Crippen LogP contribution in [0.1, 0.15) is 5.56 Å². The van der Waals surface area contributed by atoms with Crippen molar-refractivity contribution in [1.82, 2.24) is 14.5 Å². The van der Waals surface area contributed by atoms with Gasteiger partial charge in [-0.1, -0.05) is 41.9 Å². The van der Waals surface area contributed by atoms with E-state index in [1.807, 2.05) is 47.4 Å². The molecule has 6 nitrogen and oxygen atoms in total. The summed E-state index contributed by atoms with van der Waals surface area (Å²) in [6.07, 6.45) is -4.67. The summed E-state index contributed by atoms with van der Waals surface area (Å²) >= 11 is 5.94. The van der Waals surface area contributed by atoms with Gasteiger partial charge < -0.3 is 4.90 Å². The SMILES string of the molecule is O=S(=O)(c1cc(C(F)(F)F)ccc1Cl)N1CCN(c2ccc(-c3ccccc3)nn2)CC1. The molecule has 1 saturated heterocycles.